The van der Waals surface area contributed by atoms with E-state index in [1.54, 1.807) is 0 Å². The summed E-state index contributed by atoms with van der Waals surface area (Å²) in [5, 5.41) is 49.9. The van der Waals surface area contributed by atoms with Gasteiger partial charge in [0.15, 0.2) is 0 Å². The van der Waals surface area contributed by atoms with Crippen molar-refractivity contribution in [2.24, 2.45) is 0 Å². The zero-order valence-corrected chi connectivity index (χ0v) is 23.0. The lowest BCUT2D eigenvalue weighted by Gasteiger charge is -1.98. The molecular formula is C27H48O12. The Morgan fingerprint density at radius 2 is 0.333 bits per heavy atom. The van der Waals surface area contributed by atoms with Gasteiger partial charge in [0.05, 0.1) is 0 Å². The van der Waals surface area contributed by atoms with E-state index in [4.69, 9.17) is 30.6 Å². The van der Waals surface area contributed by atoms with E-state index in [1.807, 2.05) is 0 Å². The largest absolute Gasteiger partial charge is 0.481 e. The van der Waals surface area contributed by atoms with Gasteiger partial charge in [-0.2, -0.15) is 0 Å². The van der Waals surface area contributed by atoms with Gasteiger partial charge in [-0.05, 0) is 38.5 Å². The fourth-order valence-corrected chi connectivity index (χ4v) is 3.25. The third kappa shape index (κ3) is 52.1. The van der Waals surface area contributed by atoms with Crippen LogP contribution in [0.5, 0.6) is 0 Å². The molecular weight excluding hydrogens is 516 g/mol. The van der Waals surface area contributed by atoms with Crippen LogP contribution in [0.15, 0.2) is 0 Å². The van der Waals surface area contributed by atoms with Crippen molar-refractivity contribution < 1.29 is 59.4 Å². The van der Waals surface area contributed by atoms with Gasteiger partial charge in [-0.1, -0.05) is 57.8 Å². The average Bonchev–Trinajstić information content (AvgIpc) is 2.82. The van der Waals surface area contributed by atoms with Crippen molar-refractivity contribution in [2.45, 2.75) is 135 Å². The molecule has 0 heterocycles. The summed E-state index contributed by atoms with van der Waals surface area (Å²) in [7, 11) is 0. The van der Waals surface area contributed by atoms with Gasteiger partial charge in [0, 0.05) is 38.5 Å². The minimum absolute atomic E-state index is 0.188. The topological polar surface area (TPSA) is 224 Å². The fourth-order valence-electron chi connectivity index (χ4n) is 3.25. The number of hydrogen-bond donors (Lipinski definition) is 6. The quantitative estimate of drug-likeness (QED) is 0.0781. The number of carbonyl (C=O) groups is 6. The number of carboxylic acid groups (broad SMARTS) is 6. The Bertz CT molecular complexity index is 620. The van der Waals surface area contributed by atoms with Crippen molar-refractivity contribution in [3.63, 3.8) is 0 Å². The van der Waals surface area contributed by atoms with Crippen molar-refractivity contribution in [3.8, 4) is 0 Å². The van der Waals surface area contributed by atoms with Crippen LogP contribution in [0, 0.1) is 0 Å². The van der Waals surface area contributed by atoms with Crippen LogP contribution < -0.4 is 0 Å². The second-order valence-electron chi connectivity index (χ2n) is 9.17. The fraction of sp³-hybridized carbons (Fsp3) is 0.778. The highest BCUT2D eigenvalue weighted by Gasteiger charge is 2.00. The maximum atomic E-state index is 10.1. The van der Waals surface area contributed by atoms with E-state index < -0.39 is 35.8 Å². The summed E-state index contributed by atoms with van der Waals surface area (Å²) < 4.78 is 0. The number of hydrogen-bond acceptors (Lipinski definition) is 6. The molecule has 0 aromatic heterocycles. The lowest BCUT2D eigenvalue weighted by molar-refractivity contribution is -0.138. The molecule has 0 unspecified atom stereocenters. The molecule has 0 fully saturated rings. The summed E-state index contributed by atoms with van der Waals surface area (Å²) >= 11 is 0. The van der Waals surface area contributed by atoms with Crippen LogP contribution in [0.2, 0.25) is 0 Å². The predicted molar refractivity (Wildman–Crippen MR) is 143 cm³/mol. The molecule has 0 aromatic carbocycles. The Morgan fingerprint density at radius 1 is 0.231 bits per heavy atom. The molecule has 0 amide bonds. The molecule has 6 N–H and O–H groups in total. The average molecular weight is 565 g/mol. The second kappa shape index (κ2) is 31.0. The van der Waals surface area contributed by atoms with Crippen molar-refractivity contribution >= 4 is 35.8 Å². The van der Waals surface area contributed by atoms with Gasteiger partial charge in [-0.15, -0.1) is 0 Å². The van der Waals surface area contributed by atoms with Crippen LogP contribution in [0.1, 0.15) is 135 Å². The van der Waals surface area contributed by atoms with Gasteiger partial charge in [0.25, 0.3) is 0 Å². The van der Waals surface area contributed by atoms with E-state index in [2.05, 4.69) is 0 Å². The predicted octanol–water partition coefficient (Wildman–Crippen LogP) is 5.66. The second-order valence-corrected chi connectivity index (χ2v) is 9.17. The first-order valence-electron chi connectivity index (χ1n) is 13.7. The standard InChI is InChI=1S/C10H18O4.C9H16O4.C8H14O4/c11-9(12)7-5-3-1-2-4-6-8-10(13)14;10-8(11)6-4-2-1-3-5-7-9(12)13;9-7(10)5-3-1-2-4-6-8(11)12/h1-8H2,(H,11,12)(H,13,14);1-7H2,(H,10,11)(H,12,13);1-6H2,(H,9,10)(H,11,12). The number of rotatable bonds is 24. The highest BCUT2D eigenvalue weighted by atomic mass is 16.4. The van der Waals surface area contributed by atoms with Crippen LogP contribution >= 0.6 is 0 Å². The molecule has 12 heteroatoms. The van der Waals surface area contributed by atoms with Crippen molar-refractivity contribution in [1.82, 2.24) is 0 Å². The van der Waals surface area contributed by atoms with Gasteiger partial charge < -0.3 is 30.6 Å². The van der Waals surface area contributed by atoms with E-state index in [-0.39, 0.29) is 38.5 Å². The molecule has 0 bridgehead atoms. The third-order valence-electron chi connectivity index (χ3n) is 5.34. The van der Waals surface area contributed by atoms with Crippen molar-refractivity contribution in [2.75, 3.05) is 0 Å². The van der Waals surface area contributed by atoms with Gasteiger partial charge in [0.1, 0.15) is 0 Å². The first-order chi connectivity index (χ1) is 18.4. The van der Waals surface area contributed by atoms with E-state index in [1.165, 1.54) is 0 Å². The Morgan fingerprint density at radius 3 is 0.436 bits per heavy atom. The molecule has 0 radical (unpaired) electrons. The van der Waals surface area contributed by atoms with Crippen LogP contribution in [-0.2, 0) is 28.8 Å². The molecule has 0 rings (SSSR count). The summed E-state index contributed by atoms with van der Waals surface area (Å²) in [4.78, 5) is 60.6. The smallest absolute Gasteiger partial charge is 0.303 e. The van der Waals surface area contributed by atoms with Crippen LogP contribution in [-0.4, -0.2) is 66.5 Å². The monoisotopic (exact) mass is 564 g/mol. The number of unbranched alkanes of at least 4 members (excludes halogenated alkanes) is 12. The maximum absolute atomic E-state index is 10.1. The molecule has 0 aliphatic rings. The third-order valence-corrected chi connectivity index (χ3v) is 5.34. The summed E-state index contributed by atoms with van der Waals surface area (Å²) in [5.41, 5.74) is 0. The zero-order valence-electron chi connectivity index (χ0n) is 23.0. The van der Waals surface area contributed by atoms with E-state index in [0.29, 0.717) is 25.7 Å². The lowest BCUT2D eigenvalue weighted by atomic mass is 10.1. The van der Waals surface area contributed by atoms with Crippen LogP contribution in [0.4, 0.5) is 0 Å². The molecule has 12 nitrogen and oxygen atoms in total. The Balaban J connectivity index is -0.000000500. The highest BCUT2D eigenvalue weighted by Crippen LogP contribution is 2.09. The molecule has 0 saturated carbocycles. The summed E-state index contributed by atoms with van der Waals surface area (Å²) in [6.45, 7) is 0. The normalized spacial score (nSPS) is 9.85. The molecule has 0 aromatic rings. The van der Waals surface area contributed by atoms with Gasteiger partial charge in [-0.25, -0.2) is 0 Å². The molecule has 0 aliphatic heterocycles. The minimum Gasteiger partial charge on any atom is -0.481 e. The molecule has 0 aliphatic carbocycles. The van der Waals surface area contributed by atoms with Crippen LogP contribution in [0.25, 0.3) is 0 Å². The van der Waals surface area contributed by atoms with E-state index >= 15 is 0 Å². The summed E-state index contributed by atoms with van der Waals surface area (Å²) in [5.74, 6) is -4.57. The Labute approximate surface area is 230 Å². The minimum atomic E-state index is -0.784. The summed E-state index contributed by atoms with van der Waals surface area (Å²) in [6.07, 6.45) is 13.6. The Hall–Kier alpha value is -3.18. The van der Waals surface area contributed by atoms with Crippen molar-refractivity contribution in [1.29, 1.82) is 0 Å². The van der Waals surface area contributed by atoms with Gasteiger partial charge in [-0.3, -0.25) is 28.8 Å². The van der Waals surface area contributed by atoms with E-state index in [0.717, 1.165) is 70.6 Å². The first-order valence-corrected chi connectivity index (χ1v) is 13.7. The van der Waals surface area contributed by atoms with Crippen LogP contribution in [0.3, 0.4) is 0 Å². The van der Waals surface area contributed by atoms with Gasteiger partial charge in [0.2, 0.25) is 0 Å². The summed E-state index contributed by atoms with van der Waals surface area (Å²) in [6, 6.07) is 0. The number of carboxylic acids is 6. The molecule has 0 spiro atoms. The zero-order chi connectivity index (χ0) is 30.3. The maximum Gasteiger partial charge on any atom is 0.303 e. The number of aliphatic carboxylic acids is 6. The SMILES string of the molecule is O=C(O)CCCCCCC(=O)O.O=C(O)CCCCCCCC(=O)O.O=C(O)CCCCCCCCC(=O)O. The van der Waals surface area contributed by atoms with E-state index in [9.17, 15) is 28.8 Å². The molecule has 0 atom stereocenters. The van der Waals surface area contributed by atoms with Crippen molar-refractivity contribution in [3.05, 3.63) is 0 Å². The lowest BCUT2D eigenvalue weighted by Crippen LogP contribution is -1.95. The molecule has 0 saturated heterocycles. The first kappa shape index (κ1) is 40.3. The Kier molecular flexibility index (Phi) is 32.1. The molecule has 39 heavy (non-hydrogen) atoms. The molecule has 228 valence electrons. The highest BCUT2D eigenvalue weighted by molar-refractivity contribution is 5.68. The van der Waals surface area contributed by atoms with Gasteiger partial charge >= 0.3 is 35.8 Å².